The van der Waals surface area contributed by atoms with Gasteiger partial charge in [0.15, 0.2) is 0 Å². The van der Waals surface area contributed by atoms with Crippen molar-refractivity contribution in [2.24, 2.45) is 0 Å². The molecule has 0 fully saturated rings. The van der Waals surface area contributed by atoms with E-state index in [9.17, 15) is 9.59 Å². The van der Waals surface area contributed by atoms with Gasteiger partial charge in [-0.3, -0.25) is 14.5 Å². The lowest BCUT2D eigenvalue weighted by Crippen LogP contribution is -2.40. The van der Waals surface area contributed by atoms with Crippen molar-refractivity contribution in [2.45, 2.75) is 19.9 Å². The molecule has 124 valence electrons. The molecule has 0 aliphatic heterocycles. The number of benzene rings is 1. The summed E-state index contributed by atoms with van der Waals surface area (Å²) in [7, 11) is 1.61. The fourth-order valence-corrected chi connectivity index (χ4v) is 2.05. The van der Waals surface area contributed by atoms with E-state index < -0.39 is 5.97 Å². The second-order valence-corrected chi connectivity index (χ2v) is 4.69. The van der Waals surface area contributed by atoms with E-state index in [1.807, 2.05) is 43.0 Å². The summed E-state index contributed by atoms with van der Waals surface area (Å²) >= 11 is 0. The van der Waals surface area contributed by atoms with Gasteiger partial charge in [-0.1, -0.05) is 19.1 Å². The summed E-state index contributed by atoms with van der Waals surface area (Å²) in [6, 6.07) is 7.71. The number of carbonyl (C=O) groups is 2. The fourth-order valence-electron chi connectivity index (χ4n) is 2.05. The Morgan fingerprint density at radius 2 is 2.09 bits per heavy atom. The quantitative estimate of drug-likeness (QED) is 0.758. The summed E-state index contributed by atoms with van der Waals surface area (Å²) in [5.74, 6) is -0.577. The third kappa shape index (κ3) is 6.32. The molecule has 22 heavy (non-hydrogen) atoms. The molecule has 0 aromatic heterocycles. The number of hydrogen-bond acceptors (Lipinski definition) is 4. The highest BCUT2D eigenvalue weighted by atomic mass is 35.5. The molecule has 1 aromatic rings. The normalized spacial score (nSPS) is 11.5. The predicted octanol–water partition coefficient (Wildman–Crippen LogP) is 1.70. The molecule has 1 rings (SSSR count). The number of carboxylic acids is 1. The molecule has 0 radical (unpaired) electrons. The lowest BCUT2D eigenvalue weighted by Gasteiger charge is -2.27. The van der Waals surface area contributed by atoms with Crippen LogP contribution in [0.3, 0.4) is 0 Å². The molecule has 0 saturated heterocycles. The van der Waals surface area contributed by atoms with Crippen LogP contribution in [-0.2, 0) is 9.59 Å². The maximum atomic E-state index is 11.7. The van der Waals surface area contributed by atoms with Crippen LogP contribution in [0.15, 0.2) is 24.3 Å². The average Bonchev–Trinajstić information content (AvgIpc) is 2.49. The summed E-state index contributed by atoms with van der Waals surface area (Å²) in [4.78, 5) is 24.1. The van der Waals surface area contributed by atoms with Gasteiger partial charge in [0, 0.05) is 6.04 Å². The summed E-state index contributed by atoms with van der Waals surface area (Å²) in [6.45, 7) is 4.44. The van der Waals surface area contributed by atoms with Gasteiger partial charge < -0.3 is 15.2 Å². The number of rotatable bonds is 8. The first-order valence-electron chi connectivity index (χ1n) is 6.84. The Morgan fingerprint density at radius 3 is 2.64 bits per heavy atom. The van der Waals surface area contributed by atoms with Gasteiger partial charge in [0.25, 0.3) is 0 Å². The highest BCUT2D eigenvalue weighted by Gasteiger charge is 2.18. The molecule has 6 nitrogen and oxygen atoms in total. The number of carboxylic acid groups (broad SMARTS) is 1. The summed E-state index contributed by atoms with van der Waals surface area (Å²) in [5, 5.41) is 10.9. The topological polar surface area (TPSA) is 78.9 Å². The van der Waals surface area contributed by atoms with Gasteiger partial charge in [-0.05, 0) is 31.2 Å². The Bertz CT molecular complexity index is 496. The minimum Gasteiger partial charge on any atom is -0.497 e. The number of nitrogens with one attached hydrogen (secondary N) is 1. The van der Waals surface area contributed by atoms with Crippen molar-refractivity contribution in [1.82, 2.24) is 10.2 Å². The lowest BCUT2D eigenvalue weighted by atomic mass is 10.1. The maximum absolute atomic E-state index is 11.7. The van der Waals surface area contributed by atoms with Gasteiger partial charge in [0.1, 0.15) is 12.3 Å². The van der Waals surface area contributed by atoms with Crippen molar-refractivity contribution in [1.29, 1.82) is 0 Å². The number of aliphatic carboxylic acids is 1. The van der Waals surface area contributed by atoms with Gasteiger partial charge >= 0.3 is 5.97 Å². The number of hydrogen-bond donors (Lipinski definition) is 2. The Balaban J connectivity index is 0.00000441. The zero-order valence-electron chi connectivity index (χ0n) is 13.0. The minimum atomic E-state index is -1.05. The molecule has 0 heterocycles. The van der Waals surface area contributed by atoms with E-state index in [2.05, 4.69) is 5.32 Å². The van der Waals surface area contributed by atoms with Crippen LogP contribution >= 0.6 is 12.4 Å². The molecule has 0 saturated carbocycles. The van der Waals surface area contributed by atoms with Gasteiger partial charge in [0.05, 0.1) is 13.7 Å². The summed E-state index contributed by atoms with van der Waals surface area (Å²) in [6.07, 6.45) is 0. The summed E-state index contributed by atoms with van der Waals surface area (Å²) < 4.78 is 5.20. The Hall–Kier alpha value is -1.79. The molecule has 1 unspecified atom stereocenters. The first-order valence-corrected chi connectivity index (χ1v) is 6.84. The Kier molecular flexibility index (Phi) is 9.21. The third-order valence-corrected chi connectivity index (χ3v) is 3.31. The van der Waals surface area contributed by atoms with Crippen molar-refractivity contribution in [2.75, 3.05) is 26.7 Å². The number of ether oxygens (including phenoxy) is 1. The smallest absolute Gasteiger partial charge is 0.322 e. The van der Waals surface area contributed by atoms with E-state index in [-0.39, 0.29) is 37.4 Å². The second-order valence-electron chi connectivity index (χ2n) is 4.69. The van der Waals surface area contributed by atoms with Crippen LogP contribution in [0.1, 0.15) is 25.5 Å². The standard InChI is InChI=1S/C15H22N2O4.ClH/c1-4-17(10-14(18)16-9-15(19)20)11(2)12-6-5-7-13(8-12)21-3;/h5-8,11H,4,9-10H2,1-3H3,(H,16,18)(H,19,20);1H. The van der Waals surface area contributed by atoms with E-state index in [1.54, 1.807) is 7.11 Å². The largest absolute Gasteiger partial charge is 0.497 e. The van der Waals surface area contributed by atoms with E-state index in [4.69, 9.17) is 9.84 Å². The molecule has 1 atom stereocenters. The second kappa shape index (κ2) is 10.0. The molecular formula is C15H23ClN2O4. The lowest BCUT2D eigenvalue weighted by molar-refractivity contribution is -0.138. The number of carbonyl (C=O) groups excluding carboxylic acids is 1. The molecular weight excluding hydrogens is 308 g/mol. The van der Waals surface area contributed by atoms with Crippen molar-refractivity contribution in [3.05, 3.63) is 29.8 Å². The highest BCUT2D eigenvalue weighted by molar-refractivity contribution is 5.85. The van der Waals surface area contributed by atoms with Crippen LogP contribution in [0.2, 0.25) is 0 Å². The zero-order valence-corrected chi connectivity index (χ0v) is 13.9. The number of methoxy groups -OCH3 is 1. The maximum Gasteiger partial charge on any atom is 0.322 e. The van der Waals surface area contributed by atoms with Gasteiger partial charge in [-0.2, -0.15) is 0 Å². The van der Waals surface area contributed by atoms with Crippen LogP contribution < -0.4 is 10.1 Å². The third-order valence-electron chi connectivity index (χ3n) is 3.31. The van der Waals surface area contributed by atoms with E-state index in [1.165, 1.54) is 0 Å². The molecule has 0 spiro atoms. The van der Waals surface area contributed by atoms with Gasteiger partial charge in [-0.15, -0.1) is 12.4 Å². The van der Waals surface area contributed by atoms with Gasteiger partial charge in [-0.25, -0.2) is 0 Å². The molecule has 0 aliphatic carbocycles. The van der Waals surface area contributed by atoms with Crippen LogP contribution in [0.4, 0.5) is 0 Å². The van der Waals surface area contributed by atoms with E-state index in [0.29, 0.717) is 6.54 Å². The Morgan fingerprint density at radius 1 is 1.41 bits per heavy atom. The van der Waals surface area contributed by atoms with Crippen molar-refractivity contribution in [3.8, 4) is 5.75 Å². The number of likely N-dealkylation sites (N-methyl/N-ethyl adjacent to an activating group) is 1. The molecule has 0 bridgehead atoms. The zero-order chi connectivity index (χ0) is 15.8. The number of nitrogens with zero attached hydrogens (tertiary/aromatic N) is 1. The molecule has 7 heteroatoms. The van der Waals surface area contributed by atoms with Crippen LogP contribution in [0, 0.1) is 0 Å². The highest BCUT2D eigenvalue weighted by Crippen LogP contribution is 2.23. The number of halogens is 1. The van der Waals surface area contributed by atoms with Crippen molar-refractivity contribution >= 4 is 24.3 Å². The summed E-state index contributed by atoms with van der Waals surface area (Å²) in [5.41, 5.74) is 1.04. The van der Waals surface area contributed by atoms with Crippen molar-refractivity contribution in [3.63, 3.8) is 0 Å². The molecule has 1 aromatic carbocycles. The molecule has 2 N–H and O–H groups in total. The SMILES string of the molecule is CCN(CC(=O)NCC(=O)O)C(C)c1cccc(OC)c1.Cl. The van der Waals surface area contributed by atoms with Gasteiger partial charge in [0.2, 0.25) is 5.91 Å². The Labute approximate surface area is 136 Å². The van der Waals surface area contributed by atoms with Crippen molar-refractivity contribution < 1.29 is 19.4 Å². The monoisotopic (exact) mass is 330 g/mol. The van der Waals surface area contributed by atoms with Crippen LogP contribution in [-0.4, -0.2) is 48.6 Å². The first-order chi connectivity index (χ1) is 9.97. The molecule has 1 amide bonds. The van der Waals surface area contributed by atoms with Crippen LogP contribution in [0.5, 0.6) is 5.75 Å². The first kappa shape index (κ1) is 20.2. The van der Waals surface area contributed by atoms with Crippen LogP contribution in [0.25, 0.3) is 0 Å². The number of amides is 1. The van der Waals surface area contributed by atoms with E-state index >= 15 is 0 Å². The van der Waals surface area contributed by atoms with E-state index in [0.717, 1.165) is 11.3 Å². The fraction of sp³-hybridized carbons (Fsp3) is 0.467. The molecule has 0 aliphatic rings. The minimum absolute atomic E-state index is 0. The predicted molar refractivity (Wildman–Crippen MR) is 86.5 cm³/mol. The average molecular weight is 331 g/mol.